The summed E-state index contributed by atoms with van der Waals surface area (Å²) in [5.41, 5.74) is 1.09. The fourth-order valence-electron chi connectivity index (χ4n) is 3.13. The Labute approximate surface area is 124 Å². The smallest absolute Gasteiger partial charge is 0.122 e. The normalized spacial score (nSPS) is 25.1. The number of methoxy groups -OCH3 is 1. The molecule has 2 nitrogen and oxygen atoms in total. The molecule has 1 aromatic carbocycles. The Morgan fingerprint density at radius 2 is 2.21 bits per heavy atom. The molecule has 19 heavy (non-hydrogen) atoms. The summed E-state index contributed by atoms with van der Waals surface area (Å²) in [6, 6.07) is 5.97. The zero-order valence-corrected chi connectivity index (χ0v) is 13.3. The van der Waals surface area contributed by atoms with Gasteiger partial charge in [0.05, 0.1) is 13.2 Å². The highest BCUT2D eigenvalue weighted by atomic mass is 79.9. The summed E-state index contributed by atoms with van der Waals surface area (Å²) in [6.45, 7) is 2.29. The second-order valence-corrected chi connectivity index (χ2v) is 6.68. The van der Waals surface area contributed by atoms with Gasteiger partial charge in [-0.15, -0.1) is 0 Å². The summed E-state index contributed by atoms with van der Waals surface area (Å²) in [7, 11) is 1.68. The van der Waals surface area contributed by atoms with Crippen LogP contribution in [-0.4, -0.2) is 18.3 Å². The van der Waals surface area contributed by atoms with Crippen molar-refractivity contribution in [2.75, 3.05) is 7.11 Å². The number of benzene rings is 1. The summed E-state index contributed by atoms with van der Waals surface area (Å²) < 4.78 is 6.41. The number of rotatable bonds is 4. The monoisotopic (exact) mass is 326 g/mol. The van der Waals surface area contributed by atoms with E-state index in [0.717, 1.165) is 34.5 Å². The topological polar surface area (TPSA) is 29.5 Å². The third kappa shape index (κ3) is 3.96. The summed E-state index contributed by atoms with van der Waals surface area (Å²) in [4.78, 5) is 0. The standard InChI is InChI=1S/C16H23BrO2/c1-11-4-3-5-12(8-11)15(18)10-13-9-14(17)6-7-16(13)19-2/h6-7,9,11-12,15,18H,3-5,8,10H2,1-2H3. The van der Waals surface area contributed by atoms with Crippen molar-refractivity contribution < 1.29 is 9.84 Å². The summed E-state index contributed by atoms with van der Waals surface area (Å²) in [6.07, 6.45) is 5.28. The van der Waals surface area contributed by atoms with Crippen LogP contribution in [0, 0.1) is 11.8 Å². The molecule has 0 amide bonds. The van der Waals surface area contributed by atoms with Crippen molar-refractivity contribution in [3.05, 3.63) is 28.2 Å². The average Bonchev–Trinajstić information content (AvgIpc) is 2.39. The molecule has 1 N–H and O–H groups in total. The Kier molecular flexibility index (Phi) is 5.28. The van der Waals surface area contributed by atoms with Gasteiger partial charge in [0.15, 0.2) is 0 Å². The van der Waals surface area contributed by atoms with Crippen LogP contribution in [-0.2, 0) is 6.42 Å². The fourth-order valence-corrected chi connectivity index (χ4v) is 3.54. The molecule has 1 aliphatic rings. The molecule has 3 unspecified atom stereocenters. The first-order chi connectivity index (χ1) is 9.10. The van der Waals surface area contributed by atoms with Gasteiger partial charge in [-0.05, 0) is 48.4 Å². The average molecular weight is 327 g/mol. The van der Waals surface area contributed by atoms with E-state index < -0.39 is 0 Å². The maximum absolute atomic E-state index is 10.5. The minimum absolute atomic E-state index is 0.258. The summed E-state index contributed by atoms with van der Waals surface area (Å²) >= 11 is 3.48. The van der Waals surface area contributed by atoms with Crippen molar-refractivity contribution in [1.82, 2.24) is 0 Å². The lowest BCUT2D eigenvalue weighted by atomic mass is 9.78. The van der Waals surface area contributed by atoms with Crippen LogP contribution >= 0.6 is 15.9 Å². The summed E-state index contributed by atoms with van der Waals surface area (Å²) in [5, 5.41) is 10.5. The van der Waals surface area contributed by atoms with E-state index in [1.807, 2.05) is 18.2 Å². The third-order valence-electron chi connectivity index (χ3n) is 4.19. The minimum Gasteiger partial charge on any atom is -0.496 e. The molecule has 1 saturated carbocycles. The molecule has 0 saturated heterocycles. The van der Waals surface area contributed by atoms with Gasteiger partial charge in [-0.2, -0.15) is 0 Å². The van der Waals surface area contributed by atoms with Gasteiger partial charge in [0.2, 0.25) is 0 Å². The molecule has 0 aliphatic heterocycles. The molecular weight excluding hydrogens is 304 g/mol. The molecule has 1 fully saturated rings. The van der Waals surface area contributed by atoms with Gasteiger partial charge < -0.3 is 9.84 Å². The molecular formula is C16H23BrO2. The van der Waals surface area contributed by atoms with E-state index in [1.165, 1.54) is 12.8 Å². The Balaban J connectivity index is 2.05. The molecule has 0 radical (unpaired) electrons. The SMILES string of the molecule is COc1ccc(Br)cc1CC(O)C1CCCC(C)C1. The van der Waals surface area contributed by atoms with Crippen molar-refractivity contribution in [3.63, 3.8) is 0 Å². The Hall–Kier alpha value is -0.540. The lowest BCUT2D eigenvalue weighted by molar-refractivity contribution is 0.0715. The Morgan fingerprint density at radius 1 is 1.42 bits per heavy atom. The van der Waals surface area contributed by atoms with E-state index in [-0.39, 0.29) is 6.10 Å². The van der Waals surface area contributed by atoms with Crippen molar-refractivity contribution in [2.45, 2.75) is 45.1 Å². The van der Waals surface area contributed by atoms with Crippen LogP contribution in [0.25, 0.3) is 0 Å². The first-order valence-corrected chi connectivity index (χ1v) is 7.90. The van der Waals surface area contributed by atoms with Crippen LogP contribution in [0.15, 0.2) is 22.7 Å². The summed E-state index contributed by atoms with van der Waals surface area (Å²) in [5.74, 6) is 2.05. The Bertz CT molecular complexity index is 419. The quantitative estimate of drug-likeness (QED) is 0.899. The number of hydrogen-bond donors (Lipinski definition) is 1. The molecule has 3 heteroatoms. The first kappa shape index (κ1) is 14.9. The molecule has 0 heterocycles. The van der Waals surface area contributed by atoms with Crippen molar-refractivity contribution >= 4 is 15.9 Å². The van der Waals surface area contributed by atoms with E-state index in [0.29, 0.717) is 12.3 Å². The zero-order chi connectivity index (χ0) is 13.8. The van der Waals surface area contributed by atoms with Crippen molar-refractivity contribution in [3.8, 4) is 5.75 Å². The lowest BCUT2D eigenvalue weighted by Crippen LogP contribution is -2.27. The van der Waals surface area contributed by atoms with Gasteiger partial charge in [0.25, 0.3) is 0 Å². The molecule has 0 aromatic heterocycles. The van der Waals surface area contributed by atoms with Gasteiger partial charge in [-0.25, -0.2) is 0 Å². The van der Waals surface area contributed by atoms with Gasteiger partial charge in [-0.3, -0.25) is 0 Å². The number of halogens is 1. The van der Waals surface area contributed by atoms with Gasteiger partial charge in [0, 0.05) is 10.9 Å². The van der Waals surface area contributed by atoms with Gasteiger partial charge in [-0.1, -0.05) is 35.7 Å². The van der Waals surface area contributed by atoms with Crippen LogP contribution in [0.5, 0.6) is 5.75 Å². The molecule has 1 aliphatic carbocycles. The van der Waals surface area contributed by atoms with Crippen molar-refractivity contribution in [1.29, 1.82) is 0 Å². The lowest BCUT2D eigenvalue weighted by Gasteiger charge is -2.30. The number of aliphatic hydroxyl groups excluding tert-OH is 1. The van der Waals surface area contributed by atoms with Gasteiger partial charge >= 0.3 is 0 Å². The van der Waals surface area contributed by atoms with E-state index >= 15 is 0 Å². The minimum atomic E-state index is -0.258. The highest BCUT2D eigenvalue weighted by Gasteiger charge is 2.26. The predicted molar refractivity (Wildman–Crippen MR) is 81.5 cm³/mol. The Morgan fingerprint density at radius 3 is 2.89 bits per heavy atom. The van der Waals surface area contributed by atoms with Gasteiger partial charge in [0.1, 0.15) is 5.75 Å². The number of ether oxygens (including phenoxy) is 1. The molecule has 3 atom stereocenters. The maximum atomic E-state index is 10.5. The molecule has 0 bridgehead atoms. The number of aliphatic hydroxyl groups is 1. The zero-order valence-electron chi connectivity index (χ0n) is 11.7. The third-order valence-corrected chi connectivity index (χ3v) is 4.69. The van der Waals surface area contributed by atoms with Crippen LogP contribution in [0.1, 0.15) is 38.2 Å². The van der Waals surface area contributed by atoms with E-state index in [4.69, 9.17) is 4.74 Å². The second-order valence-electron chi connectivity index (χ2n) is 5.76. The van der Waals surface area contributed by atoms with Crippen molar-refractivity contribution in [2.24, 2.45) is 11.8 Å². The van der Waals surface area contributed by atoms with Crippen LogP contribution < -0.4 is 4.74 Å². The van der Waals surface area contributed by atoms with Crippen LogP contribution in [0.3, 0.4) is 0 Å². The van der Waals surface area contributed by atoms with Crippen LogP contribution in [0.2, 0.25) is 0 Å². The van der Waals surface area contributed by atoms with E-state index in [1.54, 1.807) is 7.11 Å². The highest BCUT2D eigenvalue weighted by Crippen LogP contribution is 2.33. The second kappa shape index (κ2) is 6.76. The fraction of sp³-hybridized carbons (Fsp3) is 0.625. The molecule has 0 spiro atoms. The molecule has 106 valence electrons. The maximum Gasteiger partial charge on any atom is 0.122 e. The predicted octanol–water partition coefficient (Wildman–Crippen LogP) is 4.19. The highest BCUT2D eigenvalue weighted by molar-refractivity contribution is 9.10. The van der Waals surface area contributed by atoms with E-state index in [2.05, 4.69) is 22.9 Å². The first-order valence-electron chi connectivity index (χ1n) is 7.10. The number of hydrogen-bond acceptors (Lipinski definition) is 2. The molecule has 1 aromatic rings. The largest absolute Gasteiger partial charge is 0.496 e. The van der Waals surface area contributed by atoms with Crippen LogP contribution in [0.4, 0.5) is 0 Å². The van der Waals surface area contributed by atoms with E-state index in [9.17, 15) is 5.11 Å². The molecule has 2 rings (SSSR count).